The van der Waals surface area contributed by atoms with Crippen LogP contribution in [-0.4, -0.2) is 64.4 Å². The first-order valence-electron chi connectivity index (χ1n) is 12.0. The van der Waals surface area contributed by atoms with E-state index in [2.05, 4.69) is 11.9 Å². The van der Waals surface area contributed by atoms with Crippen LogP contribution >= 0.6 is 0 Å². The Balaban J connectivity index is 2.10. The van der Waals surface area contributed by atoms with Crippen LogP contribution in [0.15, 0.2) is 36.4 Å². The molecule has 35 heavy (non-hydrogen) atoms. The van der Waals surface area contributed by atoms with Gasteiger partial charge in [-0.15, -0.1) is 0 Å². The van der Waals surface area contributed by atoms with Crippen molar-refractivity contribution < 1.29 is 28.6 Å². The minimum atomic E-state index is -0.816. The van der Waals surface area contributed by atoms with Gasteiger partial charge in [-0.25, -0.2) is 0 Å². The maximum absolute atomic E-state index is 13.2. The minimum absolute atomic E-state index is 0.256. The Bertz CT molecular complexity index is 1000. The third-order valence-corrected chi connectivity index (χ3v) is 6.53. The summed E-state index contributed by atoms with van der Waals surface area (Å²) < 4.78 is 16.2. The number of hydrogen-bond acceptors (Lipinski definition) is 7. The first kappa shape index (κ1) is 28.1. The summed E-state index contributed by atoms with van der Waals surface area (Å²) in [5, 5.41) is 0. The highest BCUT2D eigenvalue weighted by molar-refractivity contribution is 5.85. The van der Waals surface area contributed by atoms with Crippen molar-refractivity contribution in [3.05, 3.63) is 58.7 Å². The Kier molecular flexibility index (Phi) is 10.9. The van der Waals surface area contributed by atoms with Crippen LogP contribution in [0.25, 0.3) is 0 Å². The van der Waals surface area contributed by atoms with E-state index in [1.807, 2.05) is 25.1 Å². The molecule has 1 unspecified atom stereocenters. The van der Waals surface area contributed by atoms with Crippen LogP contribution in [0.5, 0.6) is 11.5 Å². The molecule has 7 heteroatoms. The molecular weight excluding hydrogens is 446 g/mol. The Morgan fingerprint density at radius 2 is 1.57 bits per heavy atom. The summed E-state index contributed by atoms with van der Waals surface area (Å²) in [4.78, 5) is 37.8. The van der Waals surface area contributed by atoms with Gasteiger partial charge in [0.2, 0.25) is 0 Å². The number of benzene rings is 2. The van der Waals surface area contributed by atoms with Gasteiger partial charge in [0.25, 0.3) is 0 Å². The first-order chi connectivity index (χ1) is 16.9. The zero-order valence-electron chi connectivity index (χ0n) is 21.5. The van der Waals surface area contributed by atoms with Gasteiger partial charge in [-0.3, -0.25) is 14.4 Å². The smallest absolute Gasteiger partial charge is 0.316 e. The van der Waals surface area contributed by atoms with Crippen molar-refractivity contribution >= 4 is 18.5 Å². The standard InChI is InChI=1S/C28H37NO6/c1-6-28(27(32)35-7-2,24-12-11-23(20-31)26(18-24)34-5)14-8-15-29(3)16-13-21-9-10-22(19-30)25(17-21)33-4/h9-12,17-20H,6-8,13-16H2,1-5H3. The molecule has 0 spiro atoms. The second-order valence-electron chi connectivity index (χ2n) is 8.58. The molecule has 2 rings (SSSR count). The fourth-order valence-corrected chi connectivity index (χ4v) is 4.36. The summed E-state index contributed by atoms with van der Waals surface area (Å²) in [5.74, 6) is 0.777. The molecule has 0 radical (unpaired) electrons. The van der Waals surface area contributed by atoms with Crippen LogP contribution in [0.3, 0.4) is 0 Å². The summed E-state index contributed by atoms with van der Waals surface area (Å²) >= 11 is 0. The number of likely N-dealkylation sites (N-methyl/N-ethyl adjacent to an activating group) is 1. The highest BCUT2D eigenvalue weighted by Gasteiger charge is 2.40. The van der Waals surface area contributed by atoms with Gasteiger partial charge in [-0.1, -0.05) is 19.1 Å². The highest BCUT2D eigenvalue weighted by Crippen LogP contribution is 2.37. The van der Waals surface area contributed by atoms with E-state index in [4.69, 9.17) is 14.2 Å². The Labute approximate surface area is 208 Å². The molecule has 0 saturated carbocycles. The van der Waals surface area contributed by atoms with E-state index >= 15 is 0 Å². The van der Waals surface area contributed by atoms with Gasteiger partial charge in [0.1, 0.15) is 11.5 Å². The third kappa shape index (κ3) is 6.92. The van der Waals surface area contributed by atoms with Crippen LogP contribution in [0.2, 0.25) is 0 Å². The normalized spacial score (nSPS) is 12.6. The van der Waals surface area contributed by atoms with E-state index in [0.717, 1.165) is 49.6 Å². The fraction of sp³-hybridized carbons (Fsp3) is 0.464. The first-order valence-corrected chi connectivity index (χ1v) is 12.0. The number of rotatable bonds is 15. The molecular formula is C28H37NO6. The van der Waals surface area contributed by atoms with E-state index < -0.39 is 5.41 Å². The predicted molar refractivity (Wildman–Crippen MR) is 136 cm³/mol. The van der Waals surface area contributed by atoms with Crippen LogP contribution in [0.4, 0.5) is 0 Å². The summed E-state index contributed by atoms with van der Waals surface area (Å²) in [6, 6.07) is 10.9. The van der Waals surface area contributed by atoms with Gasteiger partial charge in [0.15, 0.2) is 12.6 Å². The number of carbonyl (C=O) groups is 3. The lowest BCUT2D eigenvalue weighted by Crippen LogP contribution is -2.38. The van der Waals surface area contributed by atoms with Crippen molar-refractivity contribution in [1.82, 2.24) is 4.90 Å². The molecule has 0 aliphatic heterocycles. The van der Waals surface area contributed by atoms with E-state index in [1.165, 1.54) is 7.11 Å². The average molecular weight is 484 g/mol. The molecule has 0 saturated heterocycles. The van der Waals surface area contributed by atoms with Crippen LogP contribution in [-0.2, 0) is 21.4 Å². The number of nitrogens with zero attached hydrogens (tertiary/aromatic N) is 1. The summed E-state index contributed by atoms with van der Waals surface area (Å²) in [5.41, 5.74) is 2.06. The zero-order valence-corrected chi connectivity index (χ0v) is 21.5. The molecule has 7 nitrogen and oxygen atoms in total. The number of ether oxygens (including phenoxy) is 3. The lowest BCUT2D eigenvalue weighted by Gasteiger charge is -2.32. The van der Waals surface area contributed by atoms with Crippen molar-refractivity contribution in [1.29, 1.82) is 0 Å². The maximum atomic E-state index is 13.2. The molecule has 0 aromatic heterocycles. The Morgan fingerprint density at radius 3 is 2.14 bits per heavy atom. The number of aldehydes is 2. The molecule has 0 fully saturated rings. The van der Waals surface area contributed by atoms with Crippen molar-refractivity contribution in [2.75, 3.05) is 41.0 Å². The average Bonchev–Trinajstić information content (AvgIpc) is 2.89. The lowest BCUT2D eigenvalue weighted by atomic mass is 9.74. The fourth-order valence-electron chi connectivity index (χ4n) is 4.36. The van der Waals surface area contributed by atoms with E-state index in [9.17, 15) is 14.4 Å². The second kappa shape index (κ2) is 13.6. The molecule has 2 aromatic rings. The lowest BCUT2D eigenvalue weighted by molar-refractivity contribution is -0.150. The molecule has 0 N–H and O–H groups in total. The van der Waals surface area contributed by atoms with E-state index in [1.54, 1.807) is 32.2 Å². The third-order valence-electron chi connectivity index (χ3n) is 6.53. The SMILES string of the molecule is CCOC(=O)C(CC)(CCCN(C)CCc1ccc(C=O)c(OC)c1)c1ccc(C=O)c(OC)c1. The molecule has 0 bridgehead atoms. The molecule has 0 heterocycles. The second-order valence-corrected chi connectivity index (χ2v) is 8.58. The van der Waals surface area contributed by atoms with Gasteiger partial charge >= 0.3 is 5.97 Å². The summed E-state index contributed by atoms with van der Waals surface area (Å²) in [7, 11) is 5.13. The highest BCUT2D eigenvalue weighted by atomic mass is 16.5. The van der Waals surface area contributed by atoms with E-state index in [-0.39, 0.29) is 5.97 Å². The van der Waals surface area contributed by atoms with Crippen molar-refractivity contribution in [2.24, 2.45) is 0 Å². The van der Waals surface area contributed by atoms with Crippen molar-refractivity contribution in [3.8, 4) is 11.5 Å². The number of esters is 1. The van der Waals surface area contributed by atoms with E-state index in [0.29, 0.717) is 42.1 Å². The van der Waals surface area contributed by atoms with Crippen molar-refractivity contribution in [3.63, 3.8) is 0 Å². The summed E-state index contributed by atoms with van der Waals surface area (Å²) in [6.07, 6.45) is 4.32. The van der Waals surface area contributed by atoms with Crippen molar-refractivity contribution in [2.45, 2.75) is 44.9 Å². The number of hydrogen-bond donors (Lipinski definition) is 0. The number of carbonyl (C=O) groups excluding carboxylic acids is 3. The molecule has 1 atom stereocenters. The van der Waals surface area contributed by atoms with Crippen LogP contribution in [0.1, 0.15) is 65.0 Å². The molecule has 0 amide bonds. The monoisotopic (exact) mass is 483 g/mol. The zero-order chi connectivity index (χ0) is 25.8. The molecule has 190 valence electrons. The maximum Gasteiger partial charge on any atom is 0.316 e. The van der Waals surface area contributed by atoms with Gasteiger partial charge < -0.3 is 19.1 Å². The Morgan fingerprint density at radius 1 is 0.943 bits per heavy atom. The Hall–Kier alpha value is -3.19. The van der Waals surface area contributed by atoms with Crippen LogP contribution in [0, 0.1) is 0 Å². The molecule has 0 aliphatic rings. The van der Waals surface area contributed by atoms with Crippen LogP contribution < -0.4 is 9.47 Å². The topological polar surface area (TPSA) is 82.1 Å². The minimum Gasteiger partial charge on any atom is -0.496 e. The summed E-state index contributed by atoms with van der Waals surface area (Å²) in [6.45, 7) is 5.71. The van der Waals surface area contributed by atoms with Gasteiger partial charge in [-0.2, -0.15) is 0 Å². The molecule has 2 aromatic carbocycles. The van der Waals surface area contributed by atoms with Gasteiger partial charge in [0.05, 0.1) is 37.4 Å². The largest absolute Gasteiger partial charge is 0.496 e. The predicted octanol–water partition coefficient (Wildman–Crippen LogP) is 4.49. The quantitative estimate of drug-likeness (QED) is 0.273. The van der Waals surface area contributed by atoms with Gasteiger partial charge in [0, 0.05) is 6.54 Å². The van der Waals surface area contributed by atoms with Gasteiger partial charge in [-0.05, 0) is 81.6 Å². The molecule has 0 aliphatic carbocycles. The number of methoxy groups -OCH3 is 2.